The van der Waals surface area contributed by atoms with E-state index in [9.17, 15) is 4.79 Å². The van der Waals surface area contributed by atoms with Crippen LogP contribution in [0.3, 0.4) is 0 Å². The third-order valence-corrected chi connectivity index (χ3v) is 1.40. The molecule has 4 nitrogen and oxygen atoms in total. The molecule has 0 saturated carbocycles. The Balaban J connectivity index is 2.93. The summed E-state index contributed by atoms with van der Waals surface area (Å²) in [5.41, 5.74) is 0.646. The zero-order valence-electron chi connectivity index (χ0n) is 7.10. The lowest BCUT2D eigenvalue weighted by molar-refractivity contribution is -0.131. The summed E-state index contributed by atoms with van der Waals surface area (Å²) < 4.78 is 4.92. The van der Waals surface area contributed by atoms with Crippen molar-refractivity contribution in [2.45, 2.75) is 0 Å². The Bertz CT molecular complexity index is 333. The van der Waals surface area contributed by atoms with Gasteiger partial charge < -0.3 is 9.84 Å². The van der Waals surface area contributed by atoms with Crippen LogP contribution in [0.5, 0.6) is 5.88 Å². The third-order valence-electron chi connectivity index (χ3n) is 1.40. The minimum atomic E-state index is -0.995. The van der Waals surface area contributed by atoms with Crippen molar-refractivity contribution in [1.29, 1.82) is 0 Å². The van der Waals surface area contributed by atoms with Crippen LogP contribution in [0, 0.1) is 0 Å². The minimum Gasteiger partial charge on any atom is -0.481 e. The number of carboxylic acid groups (broad SMARTS) is 1. The molecule has 0 spiro atoms. The molecule has 0 aliphatic rings. The van der Waals surface area contributed by atoms with Crippen molar-refractivity contribution in [3.05, 3.63) is 30.0 Å². The van der Waals surface area contributed by atoms with Gasteiger partial charge in [-0.3, -0.25) is 0 Å². The van der Waals surface area contributed by atoms with Crippen LogP contribution in [0.15, 0.2) is 24.4 Å². The highest BCUT2D eigenvalue weighted by atomic mass is 16.5. The summed E-state index contributed by atoms with van der Waals surface area (Å²) in [6.07, 6.45) is 4.06. The van der Waals surface area contributed by atoms with Crippen LogP contribution in [0.4, 0.5) is 0 Å². The summed E-state index contributed by atoms with van der Waals surface area (Å²) in [6.45, 7) is 0. The molecule has 0 radical (unpaired) electrons. The fourth-order valence-corrected chi connectivity index (χ4v) is 0.862. The van der Waals surface area contributed by atoms with Crippen LogP contribution >= 0.6 is 0 Å². The van der Waals surface area contributed by atoms with Crippen molar-refractivity contribution in [3.63, 3.8) is 0 Å². The molecule has 0 fully saturated rings. The second kappa shape index (κ2) is 4.25. The Morgan fingerprint density at radius 2 is 2.46 bits per heavy atom. The first kappa shape index (κ1) is 9.25. The Morgan fingerprint density at radius 1 is 1.69 bits per heavy atom. The van der Waals surface area contributed by atoms with Crippen LogP contribution in [-0.2, 0) is 4.79 Å². The minimum absolute atomic E-state index is 0.417. The summed E-state index contributed by atoms with van der Waals surface area (Å²) in [4.78, 5) is 14.1. The molecule has 0 aliphatic carbocycles. The van der Waals surface area contributed by atoms with Crippen molar-refractivity contribution in [2.75, 3.05) is 7.11 Å². The molecule has 1 N–H and O–H groups in total. The van der Waals surface area contributed by atoms with Gasteiger partial charge in [-0.25, -0.2) is 9.78 Å². The van der Waals surface area contributed by atoms with Crippen molar-refractivity contribution in [2.24, 2.45) is 0 Å². The van der Waals surface area contributed by atoms with Crippen molar-refractivity contribution < 1.29 is 14.6 Å². The number of aliphatic carboxylic acids is 1. The molecular formula is C9H9NO3. The summed E-state index contributed by atoms with van der Waals surface area (Å²) in [6, 6.07) is 3.44. The van der Waals surface area contributed by atoms with E-state index >= 15 is 0 Å². The maximum atomic E-state index is 10.2. The van der Waals surface area contributed by atoms with E-state index in [1.165, 1.54) is 13.2 Å². The molecule has 0 atom stereocenters. The number of aromatic nitrogens is 1. The SMILES string of the molecule is COc1ncccc1/C=C/C(=O)O. The number of nitrogens with zero attached hydrogens (tertiary/aromatic N) is 1. The van der Waals surface area contributed by atoms with Crippen molar-refractivity contribution in [1.82, 2.24) is 4.98 Å². The summed E-state index contributed by atoms with van der Waals surface area (Å²) in [7, 11) is 1.49. The fourth-order valence-electron chi connectivity index (χ4n) is 0.862. The van der Waals surface area contributed by atoms with Crippen LogP contribution in [0.1, 0.15) is 5.56 Å². The Hall–Kier alpha value is -1.84. The van der Waals surface area contributed by atoms with Gasteiger partial charge in [-0.15, -0.1) is 0 Å². The van der Waals surface area contributed by atoms with Crippen molar-refractivity contribution in [3.8, 4) is 5.88 Å². The van der Waals surface area contributed by atoms with Crippen LogP contribution in [-0.4, -0.2) is 23.2 Å². The molecule has 0 amide bonds. The molecule has 13 heavy (non-hydrogen) atoms. The van der Waals surface area contributed by atoms with Gasteiger partial charge in [0.05, 0.1) is 7.11 Å². The standard InChI is InChI=1S/C9H9NO3/c1-13-9-7(3-2-6-10-9)4-5-8(11)12/h2-6H,1H3,(H,11,12)/b5-4+. The zero-order chi connectivity index (χ0) is 9.68. The first-order valence-corrected chi connectivity index (χ1v) is 3.64. The van der Waals surface area contributed by atoms with Gasteiger partial charge in [-0.05, 0) is 18.2 Å². The van der Waals surface area contributed by atoms with E-state index in [-0.39, 0.29) is 0 Å². The van der Waals surface area contributed by atoms with E-state index in [4.69, 9.17) is 9.84 Å². The fraction of sp³-hybridized carbons (Fsp3) is 0.111. The number of carboxylic acids is 1. The predicted octanol–water partition coefficient (Wildman–Crippen LogP) is 1.19. The quantitative estimate of drug-likeness (QED) is 0.708. The maximum Gasteiger partial charge on any atom is 0.328 e. The molecule has 68 valence electrons. The lowest BCUT2D eigenvalue weighted by atomic mass is 10.2. The molecule has 0 aliphatic heterocycles. The normalized spacial score (nSPS) is 10.2. The van der Waals surface area contributed by atoms with Crippen LogP contribution in [0.25, 0.3) is 6.08 Å². The maximum absolute atomic E-state index is 10.2. The Labute approximate surface area is 75.5 Å². The largest absolute Gasteiger partial charge is 0.481 e. The van der Waals surface area contributed by atoms with E-state index in [2.05, 4.69) is 4.98 Å². The van der Waals surface area contributed by atoms with Crippen molar-refractivity contribution >= 4 is 12.0 Å². The summed E-state index contributed by atoms with van der Waals surface area (Å²) in [5, 5.41) is 8.39. The zero-order valence-corrected chi connectivity index (χ0v) is 7.10. The number of pyridine rings is 1. The number of ether oxygens (including phenoxy) is 1. The number of methoxy groups -OCH3 is 1. The van der Waals surface area contributed by atoms with E-state index in [0.717, 1.165) is 6.08 Å². The smallest absolute Gasteiger partial charge is 0.328 e. The molecule has 1 rings (SSSR count). The van der Waals surface area contributed by atoms with E-state index in [0.29, 0.717) is 11.4 Å². The van der Waals surface area contributed by atoms with E-state index < -0.39 is 5.97 Å². The highest BCUT2D eigenvalue weighted by Crippen LogP contribution is 2.14. The number of rotatable bonds is 3. The van der Waals surface area contributed by atoms with Gasteiger partial charge in [0.2, 0.25) is 5.88 Å². The summed E-state index contributed by atoms with van der Waals surface area (Å²) in [5.74, 6) is -0.578. The van der Waals surface area contributed by atoms with Gasteiger partial charge in [-0.2, -0.15) is 0 Å². The average molecular weight is 179 g/mol. The van der Waals surface area contributed by atoms with Gasteiger partial charge in [0.15, 0.2) is 0 Å². The highest BCUT2D eigenvalue weighted by molar-refractivity contribution is 5.85. The molecule has 4 heteroatoms. The first-order chi connectivity index (χ1) is 6.24. The van der Waals surface area contributed by atoms with Crippen LogP contribution in [0.2, 0.25) is 0 Å². The topological polar surface area (TPSA) is 59.4 Å². The number of hydrogen-bond donors (Lipinski definition) is 1. The van der Waals surface area contributed by atoms with Gasteiger partial charge in [0.25, 0.3) is 0 Å². The van der Waals surface area contributed by atoms with E-state index in [1.807, 2.05) is 0 Å². The van der Waals surface area contributed by atoms with Gasteiger partial charge in [-0.1, -0.05) is 0 Å². The monoisotopic (exact) mass is 179 g/mol. The Kier molecular flexibility index (Phi) is 3.03. The molecular weight excluding hydrogens is 170 g/mol. The summed E-state index contributed by atoms with van der Waals surface area (Å²) >= 11 is 0. The highest BCUT2D eigenvalue weighted by Gasteiger charge is 1.98. The number of hydrogen-bond acceptors (Lipinski definition) is 3. The molecule has 1 aromatic heterocycles. The van der Waals surface area contributed by atoms with Crippen LogP contribution < -0.4 is 4.74 Å². The predicted molar refractivity (Wildman–Crippen MR) is 47.5 cm³/mol. The third kappa shape index (κ3) is 2.59. The second-order valence-corrected chi connectivity index (χ2v) is 2.27. The second-order valence-electron chi connectivity index (χ2n) is 2.27. The lowest BCUT2D eigenvalue weighted by Crippen LogP contribution is -1.91. The number of carbonyl (C=O) groups is 1. The van der Waals surface area contributed by atoms with Gasteiger partial charge in [0, 0.05) is 17.8 Å². The molecule has 0 bridgehead atoms. The first-order valence-electron chi connectivity index (χ1n) is 3.64. The molecule has 1 heterocycles. The molecule has 1 aromatic rings. The molecule has 0 aromatic carbocycles. The lowest BCUT2D eigenvalue weighted by Gasteiger charge is -2.00. The van der Waals surface area contributed by atoms with Gasteiger partial charge >= 0.3 is 5.97 Å². The molecule has 0 saturated heterocycles. The molecule has 0 unspecified atom stereocenters. The van der Waals surface area contributed by atoms with Gasteiger partial charge in [0.1, 0.15) is 0 Å². The average Bonchev–Trinajstić information content (AvgIpc) is 2.15. The Morgan fingerprint density at radius 3 is 3.08 bits per heavy atom. The van der Waals surface area contributed by atoms with E-state index in [1.54, 1.807) is 18.3 Å².